The molecule has 0 N–H and O–H groups in total. The second-order valence-electron chi connectivity index (χ2n) is 0. The summed E-state index contributed by atoms with van der Waals surface area (Å²) in [6, 6.07) is 0. The first-order valence-electron chi connectivity index (χ1n) is 0.707. The van der Waals surface area contributed by atoms with Crippen molar-refractivity contribution in [3.8, 4) is 0 Å². The van der Waals surface area contributed by atoms with Gasteiger partial charge in [0.1, 0.15) is 0 Å². The zero-order valence-electron chi connectivity index (χ0n) is 2.79. The summed E-state index contributed by atoms with van der Waals surface area (Å²) in [5, 5.41) is 0. The molecule has 23 valence electrons. The van der Waals surface area contributed by atoms with Gasteiger partial charge in [0.2, 0.25) is 0 Å². The molecule has 0 aromatic heterocycles. The third-order valence-corrected chi connectivity index (χ3v) is 0. The summed E-state index contributed by atoms with van der Waals surface area (Å²) in [4.78, 5) is 0. The summed E-state index contributed by atoms with van der Waals surface area (Å²) in [7, 11) is 0. The minimum absolute atomic E-state index is 0. The predicted molar refractivity (Wildman–Crippen MR) is 11.0 cm³/mol. The summed E-state index contributed by atoms with van der Waals surface area (Å²) in [5.41, 5.74) is 0. The SMILES string of the molecule is [CH2]C.[I-].[Zn]. The molecular weight excluding hydrogens is 216 g/mol. The van der Waals surface area contributed by atoms with E-state index >= 15 is 0 Å². The Morgan fingerprint density at radius 1 is 1.25 bits per heavy atom. The van der Waals surface area contributed by atoms with E-state index in [4.69, 9.17) is 0 Å². The fourth-order valence-electron chi connectivity index (χ4n) is 0. The van der Waals surface area contributed by atoms with Crippen LogP contribution in [0.5, 0.6) is 0 Å². The number of halogens is 1. The fourth-order valence-corrected chi connectivity index (χ4v) is 0. The monoisotopic (exact) mass is 220 g/mol. The van der Waals surface area contributed by atoms with E-state index in [1.54, 1.807) is 6.92 Å². The van der Waals surface area contributed by atoms with Crippen LogP contribution >= 0.6 is 0 Å². The smallest absolute Gasteiger partial charge is 0 e. The van der Waals surface area contributed by atoms with Crippen molar-refractivity contribution >= 4 is 0 Å². The van der Waals surface area contributed by atoms with E-state index in [0.29, 0.717) is 0 Å². The van der Waals surface area contributed by atoms with E-state index in [2.05, 4.69) is 6.92 Å². The Morgan fingerprint density at radius 2 is 1.25 bits per heavy atom. The second-order valence-corrected chi connectivity index (χ2v) is 0. The van der Waals surface area contributed by atoms with Gasteiger partial charge in [-0.05, 0) is 0 Å². The van der Waals surface area contributed by atoms with Crippen LogP contribution in [0.2, 0.25) is 0 Å². The van der Waals surface area contributed by atoms with Crippen LogP contribution in [0.25, 0.3) is 0 Å². The van der Waals surface area contributed by atoms with Crippen molar-refractivity contribution in [1.29, 1.82) is 0 Å². The van der Waals surface area contributed by atoms with E-state index in [0.717, 1.165) is 0 Å². The molecular formula is C2H5IZn-. The fraction of sp³-hybridized carbons (Fsp3) is 0.500. The van der Waals surface area contributed by atoms with Gasteiger partial charge in [-0.25, -0.2) is 0 Å². The third-order valence-electron chi connectivity index (χ3n) is 0. The first-order chi connectivity index (χ1) is 1.00. The molecule has 0 saturated heterocycles. The van der Waals surface area contributed by atoms with Crippen molar-refractivity contribution in [2.24, 2.45) is 0 Å². The zero-order chi connectivity index (χ0) is 2.00. The van der Waals surface area contributed by atoms with Gasteiger partial charge < -0.3 is 24.0 Å². The molecule has 0 aromatic rings. The molecule has 0 unspecified atom stereocenters. The summed E-state index contributed by atoms with van der Waals surface area (Å²) in [6.07, 6.45) is 0. The number of hydrogen-bond acceptors (Lipinski definition) is 0. The first kappa shape index (κ1) is 18.3. The van der Waals surface area contributed by atoms with Crippen molar-refractivity contribution in [2.75, 3.05) is 0 Å². The van der Waals surface area contributed by atoms with Crippen LogP contribution in [-0.2, 0) is 19.5 Å². The Bertz CT molecular complexity index is 6.00. The molecule has 1 radical (unpaired) electrons. The topological polar surface area (TPSA) is 0 Å². The van der Waals surface area contributed by atoms with Crippen LogP contribution in [0.3, 0.4) is 0 Å². The molecule has 0 fully saturated rings. The Hall–Kier alpha value is 1.35. The molecule has 0 aliphatic heterocycles. The molecule has 4 heavy (non-hydrogen) atoms. The average molecular weight is 221 g/mol. The molecule has 0 aromatic carbocycles. The van der Waals surface area contributed by atoms with Crippen LogP contribution < -0.4 is 24.0 Å². The van der Waals surface area contributed by atoms with Gasteiger partial charge in [-0.2, -0.15) is 0 Å². The molecule has 0 rings (SSSR count). The van der Waals surface area contributed by atoms with E-state index in [-0.39, 0.29) is 43.5 Å². The molecule has 0 atom stereocenters. The standard InChI is InChI=1S/C2H5.HI.Zn/c1-2;;/h1H2,2H3;1H;/p-1. The van der Waals surface area contributed by atoms with Crippen LogP contribution in [-0.4, -0.2) is 0 Å². The van der Waals surface area contributed by atoms with Crippen molar-refractivity contribution in [3.63, 3.8) is 0 Å². The van der Waals surface area contributed by atoms with Gasteiger partial charge in [-0.15, -0.1) is 0 Å². The quantitative estimate of drug-likeness (QED) is 0.323. The van der Waals surface area contributed by atoms with Gasteiger partial charge >= 0.3 is 0 Å². The molecule has 0 heterocycles. The molecule has 0 bridgehead atoms. The van der Waals surface area contributed by atoms with Gasteiger partial charge in [-0.1, -0.05) is 13.8 Å². The summed E-state index contributed by atoms with van der Waals surface area (Å²) >= 11 is 0. The van der Waals surface area contributed by atoms with Crippen LogP contribution in [0, 0.1) is 6.92 Å². The van der Waals surface area contributed by atoms with Gasteiger partial charge in [0.05, 0.1) is 0 Å². The molecule has 0 aliphatic rings. The van der Waals surface area contributed by atoms with Gasteiger partial charge in [0.25, 0.3) is 0 Å². The molecule has 0 saturated carbocycles. The molecule has 0 spiro atoms. The Morgan fingerprint density at radius 3 is 1.25 bits per heavy atom. The maximum absolute atomic E-state index is 3.25. The second kappa shape index (κ2) is 26.7. The largest absolute Gasteiger partial charge is 1.00 e. The summed E-state index contributed by atoms with van der Waals surface area (Å²) in [6.45, 7) is 5.00. The van der Waals surface area contributed by atoms with Gasteiger partial charge in [0.15, 0.2) is 0 Å². The van der Waals surface area contributed by atoms with E-state index in [1.165, 1.54) is 0 Å². The normalized spacial score (nSPS) is 1.50. The van der Waals surface area contributed by atoms with E-state index in [1.807, 2.05) is 0 Å². The third kappa shape index (κ3) is 10.1. The van der Waals surface area contributed by atoms with Crippen LogP contribution in [0.15, 0.2) is 0 Å². The minimum Gasteiger partial charge on any atom is -1.00 e. The minimum atomic E-state index is 0. The zero-order valence-corrected chi connectivity index (χ0v) is 7.92. The first-order valence-corrected chi connectivity index (χ1v) is 0.707. The van der Waals surface area contributed by atoms with Gasteiger partial charge in [-0.3, -0.25) is 0 Å². The van der Waals surface area contributed by atoms with Gasteiger partial charge in [0, 0.05) is 19.5 Å². The molecule has 2 heteroatoms. The van der Waals surface area contributed by atoms with Crippen molar-refractivity contribution in [3.05, 3.63) is 6.92 Å². The Balaban J connectivity index is -0.00000000500. The van der Waals surface area contributed by atoms with Crippen molar-refractivity contribution in [1.82, 2.24) is 0 Å². The predicted octanol–water partition coefficient (Wildman–Crippen LogP) is -2.16. The molecule has 0 aliphatic carbocycles. The van der Waals surface area contributed by atoms with E-state index < -0.39 is 0 Å². The summed E-state index contributed by atoms with van der Waals surface area (Å²) in [5.74, 6) is 0. The summed E-state index contributed by atoms with van der Waals surface area (Å²) < 4.78 is 0. The van der Waals surface area contributed by atoms with Crippen molar-refractivity contribution < 1.29 is 43.5 Å². The molecule has 0 amide bonds. The Labute approximate surface area is 57.1 Å². The number of rotatable bonds is 0. The van der Waals surface area contributed by atoms with Crippen LogP contribution in [0.4, 0.5) is 0 Å². The average Bonchev–Trinajstić information content (AvgIpc) is 1.00. The number of hydrogen-bond donors (Lipinski definition) is 0. The van der Waals surface area contributed by atoms with Crippen molar-refractivity contribution in [2.45, 2.75) is 6.92 Å². The van der Waals surface area contributed by atoms with Crippen LogP contribution in [0.1, 0.15) is 6.92 Å². The Kier molecular flexibility index (Phi) is 122. The maximum atomic E-state index is 3.25. The van der Waals surface area contributed by atoms with E-state index in [9.17, 15) is 0 Å². The molecule has 0 nitrogen and oxygen atoms in total. The maximum Gasteiger partial charge on any atom is 0 e.